The first kappa shape index (κ1) is 21.1. The van der Waals surface area contributed by atoms with Gasteiger partial charge in [0, 0.05) is 5.56 Å². The number of hydrogen-bond donors (Lipinski definition) is 2. The highest BCUT2D eigenvalue weighted by atomic mass is 16.5. The van der Waals surface area contributed by atoms with E-state index in [0.29, 0.717) is 24.1 Å². The molecule has 7 heteroatoms. The zero-order valence-corrected chi connectivity index (χ0v) is 16.7. The Hall–Kier alpha value is -3.66. The van der Waals surface area contributed by atoms with Gasteiger partial charge in [-0.1, -0.05) is 29.8 Å². The van der Waals surface area contributed by atoms with E-state index < -0.39 is 24.0 Å². The average molecular weight is 405 g/mol. The van der Waals surface area contributed by atoms with Crippen molar-refractivity contribution in [1.29, 1.82) is 5.26 Å². The van der Waals surface area contributed by atoms with Crippen LogP contribution in [0.4, 0.5) is 5.69 Å². The Morgan fingerprint density at radius 3 is 2.53 bits per heavy atom. The van der Waals surface area contributed by atoms with Crippen molar-refractivity contribution in [2.45, 2.75) is 38.1 Å². The fourth-order valence-electron chi connectivity index (χ4n) is 3.51. The van der Waals surface area contributed by atoms with Crippen molar-refractivity contribution >= 4 is 23.5 Å². The van der Waals surface area contributed by atoms with Crippen molar-refractivity contribution < 1.29 is 19.1 Å². The molecular weight excluding hydrogens is 382 g/mol. The van der Waals surface area contributed by atoms with E-state index in [4.69, 9.17) is 4.74 Å². The maximum atomic E-state index is 12.5. The number of nitrogens with zero attached hydrogens (tertiary/aromatic N) is 1. The third kappa shape index (κ3) is 5.03. The van der Waals surface area contributed by atoms with Crippen molar-refractivity contribution in [2.75, 3.05) is 11.9 Å². The quantitative estimate of drug-likeness (QED) is 0.717. The van der Waals surface area contributed by atoms with Gasteiger partial charge < -0.3 is 15.4 Å². The lowest BCUT2D eigenvalue weighted by Crippen LogP contribution is -2.46. The number of amides is 2. The lowest BCUT2D eigenvalue weighted by atomic mass is 10.00. The summed E-state index contributed by atoms with van der Waals surface area (Å²) in [5, 5.41) is 14.7. The molecule has 0 saturated heterocycles. The van der Waals surface area contributed by atoms with E-state index in [2.05, 4.69) is 16.7 Å². The lowest BCUT2D eigenvalue weighted by molar-refractivity contribution is -0.125. The number of ether oxygens (including phenoxy) is 1. The van der Waals surface area contributed by atoms with Crippen LogP contribution in [-0.2, 0) is 9.53 Å². The number of carbonyl (C=O) groups is 3. The van der Waals surface area contributed by atoms with E-state index in [-0.39, 0.29) is 11.5 Å². The summed E-state index contributed by atoms with van der Waals surface area (Å²) >= 11 is 0. The fourth-order valence-corrected chi connectivity index (χ4v) is 3.51. The molecular formula is C23H23N3O4. The van der Waals surface area contributed by atoms with Gasteiger partial charge in [-0.3, -0.25) is 9.59 Å². The van der Waals surface area contributed by atoms with Gasteiger partial charge in [0.2, 0.25) is 0 Å². The molecule has 0 unspecified atom stereocenters. The predicted octanol–water partition coefficient (Wildman–Crippen LogP) is 3.36. The average Bonchev–Trinajstić information content (AvgIpc) is 3.21. The number of carbonyl (C=O) groups excluding carboxylic acids is 3. The molecule has 0 bridgehead atoms. The number of nitriles is 1. The minimum atomic E-state index is -0.872. The number of esters is 1. The normalized spacial score (nSPS) is 14.4. The van der Waals surface area contributed by atoms with Gasteiger partial charge in [0.15, 0.2) is 6.61 Å². The van der Waals surface area contributed by atoms with E-state index in [9.17, 15) is 19.6 Å². The molecule has 0 radical (unpaired) electrons. The van der Waals surface area contributed by atoms with Crippen molar-refractivity contribution in [3.8, 4) is 6.07 Å². The molecule has 1 fully saturated rings. The minimum Gasteiger partial charge on any atom is -0.452 e. The summed E-state index contributed by atoms with van der Waals surface area (Å²) in [6, 6.07) is 15.7. The van der Waals surface area contributed by atoms with Crippen molar-refractivity contribution in [2.24, 2.45) is 0 Å². The summed E-state index contributed by atoms with van der Waals surface area (Å²) in [5.41, 5.74) is 0.971. The Balaban J connectivity index is 1.63. The molecule has 30 heavy (non-hydrogen) atoms. The predicted molar refractivity (Wildman–Crippen MR) is 111 cm³/mol. The van der Waals surface area contributed by atoms with E-state index in [0.717, 1.165) is 18.4 Å². The van der Waals surface area contributed by atoms with Crippen LogP contribution in [0.2, 0.25) is 0 Å². The summed E-state index contributed by atoms with van der Waals surface area (Å²) in [4.78, 5) is 37.2. The van der Waals surface area contributed by atoms with Crippen LogP contribution < -0.4 is 10.6 Å². The second-order valence-corrected chi connectivity index (χ2v) is 7.39. The molecule has 2 aromatic carbocycles. The summed E-state index contributed by atoms with van der Waals surface area (Å²) in [5.74, 6) is -1.61. The van der Waals surface area contributed by atoms with Gasteiger partial charge in [-0.2, -0.15) is 5.26 Å². The summed E-state index contributed by atoms with van der Waals surface area (Å²) in [6.07, 6.45) is 2.94. The lowest BCUT2D eigenvalue weighted by Gasteiger charge is -2.21. The molecule has 154 valence electrons. The maximum absolute atomic E-state index is 12.5. The van der Waals surface area contributed by atoms with Crippen LogP contribution in [-0.4, -0.2) is 29.9 Å². The molecule has 7 nitrogen and oxygen atoms in total. The van der Waals surface area contributed by atoms with Gasteiger partial charge >= 0.3 is 5.97 Å². The Bertz CT molecular complexity index is 1000. The van der Waals surface area contributed by atoms with Crippen molar-refractivity contribution in [3.05, 3.63) is 65.2 Å². The van der Waals surface area contributed by atoms with Gasteiger partial charge in [0.05, 0.1) is 17.3 Å². The molecule has 2 N–H and O–H groups in total. The molecule has 2 amide bonds. The van der Waals surface area contributed by atoms with Gasteiger partial charge in [0.1, 0.15) is 5.54 Å². The van der Waals surface area contributed by atoms with E-state index in [1.807, 2.05) is 13.0 Å². The monoisotopic (exact) mass is 405 g/mol. The fraction of sp³-hybridized carbons (Fsp3) is 0.304. The zero-order valence-electron chi connectivity index (χ0n) is 16.7. The minimum absolute atomic E-state index is 0.141. The van der Waals surface area contributed by atoms with Gasteiger partial charge in [0.25, 0.3) is 11.8 Å². The van der Waals surface area contributed by atoms with E-state index >= 15 is 0 Å². The Morgan fingerprint density at radius 1 is 1.10 bits per heavy atom. The molecule has 1 saturated carbocycles. The number of benzene rings is 2. The SMILES string of the molecule is Cc1cccc(C(=O)Nc2ccccc2C(=O)OCC(=O)NC2(C#N)CCCC2)c1. The van der Waals surface area contributed by atoms with Crippen LogP contribution in [0.3, 0.4) is 0 Å². The molecule has 1 aliphatic carbocycles. The maximum Gasteiger partial charge on any atom is 0.340 e. The number of rotatable bonds is 6. The van der Waals surface area contributed by atoms with Gasteiger partial charge in [-0.25, -0.2) is 4.79 Å². The molecule has 1 aliphatic rings. The van der Waals surface area contributed by atoms with Gasteiger partial charge in [-0.15, -0.1) is 0 Å². The molecule has 0 aromatic heterocycles. The standard InChI is InChI=1S/C23H23N3O4/c1-16-7-6-8-17(13-16)21(28)25-19-10-3-2-9-18(19)22(29)30-14-20(27)26-23(15-24)11-4-5-12-23/h2-3,6-10,13H,4-5,11-12,14H2,1H3,(H,25,28)(H,26,27). The smallest absolute Gasteiger partial charge is 0.340 e. The highest BCUT2D eigenvalue weighted by molar-refractivity contribution is 6.08. The van der Waals surface area contributed by atoms with Gasteiger partial charge in [-0.05, 0) is 56.9 Å². The van der Waals surface area contributed by atoms with Crippen LogP contribution in [0.1, 0.15) is 52.0 Å². The van der Waals surface area contributed by atoms with Crippen molar-refractivity contribution in [1.82, 2.24) is 5.32 Å². The van der Waals surface area contributed by atoms with E-state index in [1.165, 1.54) is 6.07 Å². The molecule has 0 atom stereocenters. The van der Waals surface area contributed by atoms with Crippen LogP contribution in [0, 0.1) is 18.3 Å². The molecule has 0 spiro atoms. The third-order valence-electron chi connectivity index (χ3n) is 5.06. The number of hydrogen-bond acceptors (Lipinski definition) is 5. The molecule has 0 heterocycles. The van der Waals surface area contributed by atoms with Crippen molar-refractivity contribution in [3.63, 3.8) is 0 Å². The highest BCUT2D eigenvalue weighted by Crippen LogP contribution is 2.28. The summed E-state index contributed by atoms with van der Waals surface area (Å²) in [6.45, 7) is 1.39. The second kappa shape index (κ2) is 9.23. The first-order chi connectivity index (χ1) is 14.4. The number of anilines is 1. The number of aryl methyl sites for hydroxylation is 1. The topological polar surface area (TPSA) is 108 Å². The Kier molecular flexibility index (Phi) is 6.48. The first-order valence-electron chi connectivity index (χ1n) is 9.79. The summed E-state index contributed by atoms with van der Waals surface area (Å²) < 4.78 is 5.13. The Labute approximate surface area is 175 Å². The Morgan fingerprint density at radius 2 is 1.83 bits per heavy atom. The highest BCUT2D eigenvalue weighted by Gasteiger charge is 2.35. The number of nitrogens with one attached hydrogen (secondary N) is 2. The van der Waals surface area contributed by atoms with Crippen LogP contribution >= 0.6 is 0 Å². The molecule has 3 rings (SSSR count). The largest absolute Gasteiger partial charge is 0.452 e. The third-order valence-corrected chi connectivity index (χ3v) is 5.06. The van der Waals surface area contributed by atoms with Crippen LogP contribution in [0.15, 0.2) is 48.5 Å². The molecule has 0 aliphatic heterocycles. The molecule has 2 aromatic rings. The van der Waals surface area contributed by atoms with Crippen LogP contribution in [0.5, 0.6) is 0 Å². The first-order valence-corrected chi connectivity index (χ1v) is 9.79. The zero-order chi connectivity index (χ0) is 21.6. The van der Waals surface area contributed by atoms with Crippen LogP contribution in [0.25, 0.3) is 0 Å². The van der Waals surface area contributed by atoms with E-state index in [1.54, 1.807) is 36.4 Å². The summed E-state index contributed by atoms with van der Waals surface area (Å²) in [7, 11) is 0. The second-order valence-electron chi connectivity index (χ2n) is 7.39. The number of para-hydroxylation sites is 1.